The number of rotatable bonds is 6. The van der Waals surface area contributed by atoms with Crippen LogP contribution in [0.25, 0.3) is 10.9 Å². The second kappa shape index (κ2) is 10.6. The lowest BCUT2D eigenvalue weighted by Gasteiger charge is -2.30. The third-order valence-electron chi connectivity index (χ3n) is 6.50. The SMILES string of the molecule is CC(C)(C#Cc1cc2ncnc(Nc3ccc(OCc4ccccn4)c(Cl)c3)c2cc1N)N1CCCC1. The highest BCUT2D eigenvalue weighted by atomic mass is 35.5. The third-order valence-corrected chi connectivity index (χ3v) is 6.80. The number of hydrogen-bond donors (Lipinski definition) is 2. The van der Waals surface area contributed by atoms with E-state index in [1.54, 1.807) is 12.3 Å². The van der Waals surface area contributed by atoms with Gasteiger partial charge in [-0.2, -0.15) is 0 Å². The Balaban J connectivity index is 1.35. The standard InChI is InChI=1S/C29H29ClN6O/c1-29(2,36-13-5-6-14-36)11-10-20-15-26-23(17-25(20)31)28(34-19-33-26)35-21-8-9-27(24(30)16-21)37-18-22-7-3-4-12-32-22/h3-4,7-9,12,15-17,19H,5-6,13-14,18,31H2,1-2H3,(H,33,34,35). The molecule has 0 bridgehead atoms. The van der Waals surface area contributed by atoms with Gasteiger partial charge in [0.1, 0.15) is 24.5 Å². The average Bonchev–Trinajstić information content (AvgIpc) is 3.45. The highest BCUT2D eigenvalue weighted by Gasteiger charge is 2.27. The molecule has 37 heavy (non-hydrogen) atoms. The summed E-state index contributed by atoms with van der Waals surface area (Å²) in [7, 11) is 0. The van der Waals surface area contributed by atoms with Crippen molar-refractivity contribution in [2.45, 2.75) is 38.8 Å². The van der Waals surface area contributed by atoms with Crippen molar-refractivity contribution in [2.75, 3.05) is 24.1 Å². The zero-order chi connectivity index (χ0) is 25.8. The number of aromatic nitrogens is 3. The Hall–Kier alpha value is -3.86. The number of nitrogens with two attached hydrogens (primary N) is 1. The van der Waals surface area contributed by atoms with Crippen molar-refractivity contribution < 1.29 is 4.74 Å². The molecule has 0 atom stereocenters. The molecule has 1 aliphatic heterocycles. The van der Waals surface area contributed by atoms with Crippen LogP contribution >= 0.6 is 11.6 Å². The summed E-state index contributed by atoms with van der Waals surface area (Å²) in [5.74, 6) is 7.92. The van der Waals surface area contributed by atoms with E-state index < -0.39 is 0 Å². The zero-order valence-corrected chi connectivity index (χ0v) is 21.7. The Labute approximate surface area is 222 Å². The molecule has 7 nitrogen and oxygen atoms in total. The van der Waals surface area contributed by atoms with Gasteiger partial charge in [0.2, 0.25) is 0 Å². The molecular weight excluding hydrogens is 484 g/mol. The van der Waals surface area contributed by atoms with E-state index in [0.717, 1.165) is 40.9 Å². The Bertz CT molecular complexity index is 1470. The number of ether oxygens (including phenoxy) is 1. The molecule has 1 aliphatic rings. The molecule has 0 spiro atoms. The van der Waals surface area contributed by atoms with Gasteiger partial charge in [0.15, 0.2) is 0 Å². The van der Waals surface area contributed by atoms with E-state index in [1.165, 1.54) is 19.2 Å². The van der Waals surface area contributed by atoms with Gasteiger partial charge in [-0.05, 0) is 82.2 Å². The molecule has 0 radical (unpaired) electrons. The van der Waals surface area contributed by atoms with E-state index >= 15 is 0 Å². The second-order valence-electron chi connectivity index (χ2n) is 9.56. The van der Waals surface area contributed by atoms with E-state index in [9.17, 15) is 0 Å². The molecule has 4 aromatic rings. The lowest BCUT2D eigenvalue weighted by molar-refractivity contribution is 0.214. The number of anilines is 3. The molecular formula is C29H29ClN6O. The molecule has 0 amide bonds. The van der Waals surface area contributed by atoms with E-state index in [4.69, 9.17) is 22.1 Å². The minimum absolute atomic E-state index is 0.205. The molecule has 0 unspecified atom stereocenters. The Morgan fingerprint density at radius 3 is 2.68 bits per heavy atom. The average molecular weight is 513 g/mol. The normalized spacial score (nSPS) is 13.8. The van der Waals surface area contributed by atoms with Crippen LogP contribution in [0.4, 0.5) is 17.2 Å². The van der Waals surface area contributed by atoms with E-state index in [0.29, 0.717) is 28.9 Å². The third kappa shape index (κ3) is 5.77. The molecule has 2 aromatic heterocycles. The quantitative estimate of drug-likeness (QED) is 0.249. The van der Waals surface area contributed by atoms with Gasteiger partial charge < -0.3 is 15.8 Å². The Kier molecular flexibility index (Phi) is 7.13. The van der Waals surface area contributed by atoms with Crippen molar-refractivity contribution in [3.8, 4) is 17.6 Å². The summed E-state index contributed by atoms with van der Waals surface area (Å²) in [5, 5.41) is 4.61. The van der Waals surface area contributed by atoms with Crippen LogP contribution in [0.15, 0.2) is 61.1 Å². The van der Waals surface area contributed by atoms with Crippen molar-refractivity contribution in [2.24, 2.45) is 0 Å². The molecule has 0 saturated carbocycles. The summed E-state index contributed by atoms with van der Waals surface area (Å²) >= 11 is 6.49. The lowest BCUT2D eigenvalue weighted by Crippen LogP contribution is -2.40. The topological polar surface area (TPSA) is 89.2 Å². The van der Waals surface area contributed by atoms with Crippen LogP contribution in [0.1, 0.15) is 37.9 Å². The first-order valence-electron chi connectivity index (χ1n) is 12.3. The predicted octanol–water partition coefficient (Wildman–Crippen LogP) is 5.81. The van der Waals surface area contributed by atoms with Crippen molar-refractivity contribution in [1.29, 1.82) is 0 Å². The number of pyridine rings is 1. The maximum atomic E-state index is 6.49. The number of benzene rings is 2. The van der Waals surface area contributed by atoms with Crippen LogP contribution in [0.2, 0.25) is 5.02 Å². The summed E-state index contributed by atoms with van der Waals surface area (Å²) in [6.07, 6.45) is 5.71. The van der Waals surface area contributed by atoms with Crippen LogP contribution in [-0.4, -0.2) is 38.5 Å². The van der Waals surface area contributed by atoms with Crippen molar-refractivity contribution in [3.05, 3.63) is 77.3 Å². The number of nitrogen functional groups attached to an aromatic ring is 1. The van der Waals surface area contributed by atoms with E-state index in [-0.39, 0.29) is 5.54 Å². The minimum Gasteiger partial charge on any atom is -0.486 e. The number of likely N-dealkylation sites (tertiary alicyclic amines) is 1. The first-order chi connectivity index (χ1) is 17.9. The summed E-state index contributed by atoms with van der Waals surface area (Å²) in [6.45, 7) is 6.82. The Morgan fingerprint density at radius 1 is 1.08 bits per heavy atom. The van der Waals surface area contributed by atoms with Crippen LogP contribution in [0.3, 0.4) is 0 Å². The van der Waals surface area contributed by atoms with Crippen molar-refractivity contribution in [1.82, 2.24) is 19.9 Å². The van der Waals surface area contributed by atoms with Gasteiger partial charge in [0.25, 0.3) is 0 Å². The smallest absolute Gasteiger partial charge is 0.141 e. The summed E-state index contributed by atoms with van der Waals surface area (Å²) in [5.41, 5.74) is 9.92. The monoisotopic (exact) mass is 512 g/mol. The molecule has 1 saturated heterocycles. The van der Waals surface area contributed by atoms with Crippen LogP contribution in [0.5, 0.6) is 5.75 Å². The summed E-state index contributed by atoms with van der Waals surface area (Å²) < 4.78 is 5.83. The minimum atomic E-state index is -0.205. The highest BCUT2D eigenvalue weighted by molar-refractivity contribution is 6.32. The van der Waals surface area contributed by atoms with Gasteiger partial charge in [0, 0.05) is 28.5 Å². The fraction of sp³-hybridized carbons (Fsp3) is 0.276. The van der Waals surface area contributed by atoms with Gasteiger partial charge in [-0.1, -0.05) is 29.5 Å². The maximum absolute atomic E-state index is 6.49. The van der Waals surface area contributed by atoms with Gasteiger partial charge in [-0.15, -0.1) is 0 Å². The molecule has 5 rings (SSSR count). The first kappa shape index (κ1) is 24.8. The molecule has 0 aliphatic carbocycles. The number of hydrogen-bond acceptors (Lipinski definition) is 7. The fourth-order valence-electron chi connectivity index (χ4n) is 4.37. The van der Waals surface area contributed by atoms with Gasteiger partial charge >= 0.3 is 0 Å². The number of nitrogens with zero attached hydrogens (tertiary/aromatic N) is 4. The predicted molar refractivity (Wildman–Crippen MR) is 149 cm³/mol. The van der Waals surface area contributed by atoms with E-state index in [2.05, 4.69) is 50.9 Å². The number of halogens is 1. The molecule has 3 heterocycles. The van der Waals surface area contributed by atoms with Crippen LogP contribution in [-0.2, 0) is 6.61 Å². The van der Waals surface area contributed by atoms with Gasteiger partial charge in [-0.3, -0.25) is 9.88 Å². The lowest BCUT2D eigenvalue weighted by atomic mass is 10.0. The number of nitrogens with one attached hydrogen (secondary N) is 1. The second-order valence-corrected chi connectivity index (χ2v) is 9.97. The van der Waals surface area contributed by atoms with Crippen LogP contribution < -0.4 is 15.8 Å². The largest absolute Gasteiger partial charge is 0.486 e. The summed E-state index contributed by atoms with van der Waals surface area (Å²) in [4.78, 5) is 15.6. The maximum Gasteiger partial charge on any atom is 0.141 e. The number of fused-ring (bicyclic) bond motifs is 1. The first-order valence-corrected chi connectivity index (χ1v) is 12.7. The molecule has 188 valence electrons. The summed E-state index contributed by atoms with van der Waals surface area (Å²) in [6, 6.07) is 15.0. The van der Waals surface area contributed by atoms with Gasteiger partial charge in [0.05, 0.1) is 21.8 Å². The highest BCUT2D eigenvalue weighted by Crippen LogP contribution is 2.32. The van der Waals surface area contributed by atoms with E-state index in [1.807, 2.05) is 42.5 Å². The van der Waals surface area contributed by atoms with Gasteiger partial charge in [-0.25, -0.2) is 9.97 Å². The molecule has 2 aromatic carbocycles. The molecule has 1 fully saturated rings. The van der Waals surface area contributed by atoms with Crippen molar-refractivity contribution in [3.63, 3.8) is 0 Å². The Morgan fingerprint density at radius 2 is 1.92 bits per heavy atom. The van der Waals surface area contributed by atoms with Crippen LogP contribution in [0, 0.1) is 11.8 Å². The van der Waals surface area contributed by atoms with Crippen molar-refractivity contribution >= 4 is 39.7 Å². The fourth-order valence-corrected chi connectivity index (χ4v) is 4.61. The molecule has 3 N–H and O–H groups in total. The molecule has 8 heteroatoms. The zero-order valence-electron chi connectivity index (χ0n) is 21.0.